The predicted molar refractivity (Wildman–Crippen MR) is 352 cm³/mol. The molecule has 2 aliphatic rings. The fourth-order valence-electron chi connectivity index (χ4n) is 10.6. The maximum absolute atomic E-state index is 12.4. The van der Waals surface area contributed by atoms with E-state index in [2.05, 4.69) is 0 Å². The first-order chi connectivity index (χ1) is 39.8. The summed E-state index contributed by atoms with van der Waals surface area (Å²) in [7, 11) is 10.4. The van der Waals surface area contributed by atoms with E-state index in [4.69, 9.17) is 42.6 Å². The van der Waals surface area contributed by atoms with Gasteiger partial charge in [0.15, 0.2) is 0 Å². The highest BCUT2D eigenvalue weighted by Gasteiger charge is 2.22. The van der Waals surface area contributed by atoms with Crippen LogP contribution in [0.5, 0.6) is 23.0 Å². The van der Waals surface area contributed by atoms with Crippen LogP contribution < -0.4 is 41.7 Å². The van der Waals surface area contributed by atoms with Crippen LogP contribution in [0.15, 0.2) is 92.0 Å². The molecular weight excluding hydrogens is 1110 g/mol. The van der Waals surface area contributed by atoms with Crippen molar-refractivity contribution in [2.45, 2.75) is 147 Å². The summed E-state index contributed by atoms with van der Waals surface area (Å²) < 4.78 is 63.4. The maximum Gasteiger partial charge on any atom is 0.329 e. The van der Waals surface area contributed by atoms with Crippen LogP contribution >= 0.6 is 0 Å². The van der Waals surface area contributed by atoms with Crippen LogP contribution in [0.2, 0.25) is 0 Å². The Morgan fingerprint density at radius 2 is 0.782 bits per heavy atom. The van der Waals surface area contributed by atoms with E-state index in [0.29, 0.717) is 64.4 Å². The number of aromatic nitrogens is 8. The minimum Gasteiger partial charge on any atom is -0.491 e. The third kappa shape index (κ3) is 17.2. The number of fused-ring (bicyclic) bond motifs is 4. The Hall–Kier alpha value is -7.04. The second-order valence-electron chi connectivity index (χ2n) is 21.9. The number of methoxy groups -OCH3 is 2. The van der Waals surface area contributed by atoms with Gasteiger partial charge in [0.25, 0.3) is 0 Å². The van der Waals surface area contributed by atoms with Gasteiger partial charge in [-0.3, -0.25) is 36.5 Å². The lowest BCUT2D eigenvalue weighted by Gasteiger charge is -2.13. The molecule has 486 valence electrons. The molecule has 21 nitrogen and oxygen atoms in total. The molecule has 0 bridgehead atoms. The molecular formula is C66H104N8O13. The average Bonchev–Trinajstić information content (AvgIpc) is 1.74. The van der Waals surface area contributed by atoms with Crippen LogP contribution in [-0.2, 0) is 51.9 Å². The first-order valence-corrected chi connectivity index (χ1v) is 28.9. The first kappa shape index (κ1) is 74.2. The monoisotopic (exact) mass is 1220 g/mol. The summed E-state index contributed by atoms with van der Waals surface area (Å²) in [5.74, 6) is 2.96. The van der Waals surface area contributed by atoms with Gasteiger partial charge in [-0.25, -0.2) is 19.2 Å². The molecule has 0 N–H and O–H groups in total. The van der Waals surface area contributed by atoms with Crippen molar-refractivity contribution >= 4 is 44.1 Å². The van der Waals surface area contributed by atoms with Crippen molar-refractivity contribution in [2.75, 3.05) is 80.3 Å². The van der Waals surface area contributed by atoms with E-state index < -0.39 is 0 Å². The topological polar surface area (TPSA) is 191 Å². The minimum absolute atomic E-state index is 0. The number of ether oxygens (including phenoxy) is 9. The van der Waals surface area contributed by atoms with Crippen molar-refractivity contribution in [3.63, 3.8) is 0 Å². The molecule has 4 aromatic carbocycles. The summed E-state index contributed by atoms with van der Waals surface area (Å²) in [5.41, 5.74) is 7.01. The molecule has 10 rings (SSSR count). The second kappa shape index (κ2) is 34.5. The second-order valence-corrected chi connectivity index (χ2v) is 21.9. The Morgan fingerprint density at radius 1 is 0.425 bits per heavy atom. The van der Waals surface area contributed by atoms with E-state index in [1.165, 1.54) is 0 Å². The van der Waals surface area contributed by atoms with Crippen LogP contribution in [0.3, 0.4) is 0 Å². The summed E-state index contributed by atoms with van der Waals surface area (Å²) in [6.07, 6.45) is 4.68. The maximum atomic E-state index is 12.4. The molecule has 2 unspecified atom stereocenters. The van der Waals surface area contributed by atoms with Gasteiger partial charge in [-0.05, 0) is 130 Å². The van der Waals surface area contributed by atoms with Gasteiger partial charge in [-0.2, -0.15) is 0 Å². The zero-order valence-electron chi connectivity index (χ0n) is 51.2. The number of para-hydroxylation sites is 3. The minimum atomic E-state index is -0.0302. The van der Waals surface area contributed by atoms with Crippen LogP contribution in [0.4, 0.5) is 0 Å². The number of nitrogens with zero attached hydrogens (tertiary/aromatic N) is 8. The molecule has 21 heteroatoms. The van der Waals surface area contributed by atoms with Gasteiger partial charge in [0, 0.05) is 85.9 Å². The lowest BCUT2D eigenvalue weighted by molar-refractivity contribution is 0.0546. The summed E-state index contributed by atoms with van der Waals surface area (Å²) in [6, 6.07) is 23.6. The van der Waals surface area contributed by atoms with E-state index >= 15 is 0 Å². The van der Waals surface area contributed by atoms with Crippen molar-refractivity contribution in [1.82, 2.24) is 36.5 Å². The zero-order chi connectivity index (χ0) is 60.1. The predicted octanol–water partition coefficient (Wildman–Crippen LogP) is 11.4. The largest absolute Gasteiger partial charge is 0.491 e. The van der Waals surface area contributed by atoms with Crippen LogP contribution in [0.1, 0.15) is 135 Å². The Labute approximate surface area is 514 Å². The number of imidazole rings is 4. The van der Waals surface area contributed by atoms with Gasteiger partial charge in [0.1, 0.15) is 66.0 Å². The number of hydrogen-bond donors (Lipinski definition) is 0. The molecule has 2 atom stereocenters. The highest BCUT2D eigenvalue weighted by molar-refractivity contribution is 5.84. The number of benzene rings is 4. The van der Waals surface area contributed by atoms with Crippen LogP contribution in [0.25, 0.3) is 44.1 Å². The number of hydrogen-bond acceptors (Lipinski definition) is 13. The van der Waals surface area contributed by atoms with Crippen molar-refractivity contribution in [3.8, 4) is 23.0 Å². The molecule has 8 aromatic rings. The molecule has 2 saturated heterocycles. The lowest BCUT2D eigenvalue weighted by Crippen LogP contribution is -2.23. The van der Waals surface area contributed by atoms with E-state index in [9.17, 15) is 19.2 Å². The Kier molecular flexibility index (Phi) is 29.4. The smallest absolute Gasteiger partial charge is 0.329 e. The van der Waals surface area contributed by atoms with Crippen molar-refractivity contribution in [3.05, 3.63) is 115 Å². The molecule has 0 amide bonds. The third-order valence-electron chi connectivity index (χ3n) is 14.7. The van der Waals surface area contributed by atoms with Gasteiger partial charge in [0.05, 0.1) is 66.2 Å². The van der Waals surface area contributed by atoms with Crippen molar-refractivity contribution in [2.24, 2.45) is 28.2 Å². The van der Waals surface area contributed by atoms with Crippen molar-refractivity contribution in [1.29, 1.82) is 0 Å². The van der Waals surface area contributed by atoms with Crippen LogP contribution in [0, 0.1) is 0 Å². The van der Waals surface area contributed by atoms with E-state index in [1.54, 1.807) is 78.9 Å². The van der Waals surface area contributed by atoms with E-state index in [-0.39, 0.29) is 88.8 Å². The van der Waals surface area contributed by atoms with Gasteiger partial charge < -0.3 is 42.6 Å². The quantitative estimate of drug-likeness (QED) is 0.0618. The molecule has 0 radical (unpaired) electrons. The van der Waals surface area contributed by atoms with E-state index in [1.807, 2.05) is 128 Å². The fourth-order valence-corrected chi connectivity index (χ4v) is 10.6. The van der Waals surface area contributed by atoms with Gasteiger partial charge in [-0.1, -0.05) is 47.9 Å². The first-order valence-electron chi connectivity index (χ1n) is 28.9. The highest BCUT2D eigenvalue weighted by Crippen LogP contribution is 2.30. The Balaban J connectivity index is 0.000000299. The molecule has 6 heterocycles. The average molecular weight is 1220 g/mol. The van der Waals surface area contributed by atoms with Crippen molar-refractivity contribution < 1.29 is 42.6 Å². The zero-order valence-corrected chi connectivity index (χ0v) is 51.2. The summed E-state index contributed by atoms with van der Waals surface area (Å²) in [6.45, 7) is 21.9. The number of rotatable bonds is 21. The van der Waals surface area contributed by atoms with E-state index in [0.717, 1.165) is 94.5 Å². The van der Waals surface area contributed by atoms with Gasteiger partial charge in [-0.15, -0.1) is 0 Å². The van der Waals surface area contributed by atoms with Crippen LogP contribution in [-0.4, -0.2) is 129 Å². The standard InChI is InChI=1S/C16H24N2O4.2C16H22N2O3.C14H20N2O3.4CH4/c1-12(2)18-13-6-5-7-14(15(13)17(3)16(18)19)22-11-10-21-9-8-20-4;1-11(2)18-13-7-4-8-14(15(13)17(3)16(18)19)21-10-12-6-5-9-20-12;1-11(2)18-14-7-6-12(9-15(14)17(3)16(18)19)21-10-13-5-4-8-20-13;1-10(2)16-11-6-5-7-12(19-9-8-18-4)13(11)15(3)14(16)17;;;;/h5-7,12H,8-11H2,1-4H3;4,7-8,11-12H,5-6,9-10H2,1-3H3;6-7,9,11,13H,4-5,8,10H2,1-3H3;5-7,10H,8-9H2,1-4H3;4*1H4. The molecule has 87 heavy (non-hydrogen) atoms. The summed E-state index contributed by atoms with van der Waals surface area (Å²) in [5, 5.41) is 0. The molecule has 0 saturated carbocycles. The Morgan fingerprint density at radius 3 is 1.17 bits per heavy atom. The molecule has 4 aromatic heterocycles. The number of aryl methyl sites for hydroxylation is 4. The summed E-state index contributed by atoms with van der Waals surface area (Å²) in [4.78, 5) is 49.3. The molecule has 2 aliphatic heterocycles. The molecule has 2 fully saturated rings. The molecule has 0 spiro atoms. The SMILES string of the molecule is C.C.C.C.CC(C)n1c(=O)n(C)c2c(OCC3CCCO3)cccc21.CC(C)n1c(=O)n(C)c2cc(OCC3CCCO3)ccc21.COCCOCCOc1cccc2c1n(C)c(=O)n2C(C)C.COCCOc1cccc2c1n(C)c(=O)n2C(C)C. The van der Waals surface area contributed by atoms with Gasteiger partial charge in [0.2, 0.25) is 0 Å². The normalized spacial score (nSPS) is 14.5. The third-order valence-corrected chi connectivity index (χ3v) is 14.7. The highest BCUT2D eigenvalue weighted by atomic mass is 16.6. The Bertz CT molecular complexity index is 3630. The summed E-state index contributed by atoms with van der Waals surface area (Å²) >= 11 is 0. The van der Waals surface area contributed by atoms with Gasteiger partial charge >= 0.3 is 22.8 Å². The molecule has 0 aliphatic carbocycles. The fraction of sp³-hybridized carbons (Fsp3) is 0.576. The lowest BCUT2D eigenvalue weighted by atomic mass is 10.2.